The summed E-state index contributed by atoms with van der Waals surface area (Å²) < 4.78 is 5.11. The highest BCUT2D eigenvalue weighted by molar-refractivity contribution is 7.59. The summed E-state index contributed by atoms with van der Waals surface area (Å²) in [5, 5.41) is 0.101. The molecule has 0 bridgehead atoms. The van der Waals surface area contributed by atoms with Crippen molar-refractivity contribution in [3.05, 3.63) is 35.9 Å². The molecule has 5 heteroatoms. The highest BCUT2D eigenvalue weighted by Crippen LogP contribution is 2.45. The quantitative estimate of drug-likeness (QED) is 0.798. The third-order valence-electron chi connectivity index (χ3n) is 4.06. The normalized spacial score (nSPS) is 19.9. The molecule has 120 valence electrons. The minimum absolute atomic E-state index is 0.101. The zero-order chi connectivity index (χ0) is 16.3. The van der Waals surface area contributed by atoms with Crippen LogP contribution in [-0.4, -0.2) is 47.5 Å². The fraction of sp³-hybridized carbons (Fsp3) is 0.529. The average molecular weight is 321 g/mol. The third-order valence-corrected chi connectivity index (χ3v) is 7.10. The van der Waals surface area contributed by atoms with Crippen molar-refractivity contribution in [2.45, 2.75) is 38.4 Å². The maximum atomic E-state index is 12.6. The van der Waals surface area contributed by atoms with Crippen molar-refractivity contribution in [1.82, 2.24) is 4.90 Å². The Morgan fingerprint density at radius 2 is 1.95 bits per heavy atom. The first-order chi connectivity index (χ1) is 10.3. The number of amides is 2. The van der Waals surface area contributed by atoms with Gasteiger partial charge in [-0.2, -0.15) is 0 Å². The first-order valence-corrected chi connectivity index (χ1v) is 9.50. The van der Waals surface area contributed by atoms with Crippen LogP contribution in [-0.2, 0) is 16.0 Å². The van der Waals surface area contributed by atoms with Crippen LogP contribution in [0.1, 0.15) is 26.3 Å². The van der Waals surface area contributed by atoms with E-state index in [0.29, 0.717) is 12.6 Å². The van der Waals surface area contributed by atoms with Gasteiger partial charge in [-0.25, -0.2) is 9.69 Å². The smallest absolute Gasteiger partial charge is 0.416 e. The van der Waals surface area contributed by atoms with E-state index in [1.807, 2.05) is 30.3 Å². The van der Waals surface area contributed by atoms with Crippen molar-refractivity contribution >= 4 is 19.9 Å². The molecule has 0 radical (unpaired) electrons. The van der Waals surface area contributed by atoms with Crippen molar-refractivity contribution in [2.75, 3.05) is 19.4 Å². The van der Waals surface area contributed by atoms with Crippen LogP contribution in [0.2, 0.25) is 0 Å². The molecule has 1 aromatic rings. The number of carbonyl (C=O) groups is 2. The third kappa shape index (κ3) is 4.07. The lowest BCUT2D eigenvalue weighted by Crippen LogP contribution is -2.42. The zero-order valence-corrected chi connectivity index (χ0v) is 14.6. The minimum atomic E-state index is -0.497. The lowest BCUT2D eigenvalue weighted by atomic mass is 10.1. The van der Waals surface area contributed by atoms with Crippen molar-refractivity contribution in [3.63, 3.8) is 0 Å². The van der Waals surface area contributed by atoms with E-state index >= 15 is 0 Å². The van der Waals surface area contributed by atoms with Gasteiger partial charge in [-0.15, -0.1) is 0 Å². The van der Waals surface area contributed by atoms with Gasteiger partial charge in [0.25, 0.3) is 0 Å². The van der Waals surface area contributed by atoms with Crippen molar-refractivity contribution in [1.29, 1.82) is 0 Å². The summed E-state index contributed by atoms with van der Waals surface area (Å²) in [4.78, 5) is 25.8. The fourth-order valence-corrected chi connectivity index (χ4v) is 3.35. The van der Waals surface area contributed by atoms with Gasteiger partial charge in [-0.3, -0.25) is 4.79 Å². The second-order valence-electron chi connectivity index (χ2n) is 6.71. The van der Waals surface area contributed by atoms with Gasteiger partial charge < -0.3 is 4.74 Å². The molecular formula is C17H24NO3P. The largest absolute Gasteiger partial charge is 0.447 e. The molecule has 2 amide bonds. The summed E-state index contributed by atoms with van der Waals surface area (Å²) in [7, 11) is -0.473. The van der Waals surface area contributed by atoms with Gasteiger partial charge in [0.15, 0.2) is 0 Å². The van der Waals surface area contributed by atoms with Crippen LogP contribution >= 0.6 is 7.92 Å². The van der Waals surface area contributed by atoms with Crippen LogP contribution in [0.4, 0.5) is 4.79 Å². The average Bonchev–Trinajstić information content (AvgIpc) is 2.79. The number of imide groups is 1. The van der Waals surface area contributed by atoms with E-state index in [9.17, 15) is 9.59 Å². The number of nitrogens with zero attached hydrogens (tertiary/aromatic N) is 1. The molecule has 0 saturated carbocycles. The van der Waals surface area contributed by atoms with Gasteiger partial charge in [0.2, 0.25) is 5.91 Å². The molecule has 2 atom stereocenters. The molecule has 0 N–H and O–H groups in total. The lowest BCUT2D eigenvalue weighted by molar-refractivity contribution is -0.126. The van der Waals surface area contributed by atoms with Crippen molar-refractivity contribution in [2.24, 2.45) is 0 Å². The van der Waals surface area contributed by atoms with Crippen molar-refractivity contribution < 1.29 is 14.3 Å². The summed E-state index contributed by atoms with van der Waals surface area (Å²) >= 11 is 0. The molecule has 1 aliphatic heterocycles. The van der Waals surface area contributed by atoms with E-state index in [1.165, 1.54) is 4.90 Å². The van der Waals surface area contributed by atoms with Gasteiger partial charge in [0, 0.05) is 6.16 Å². The number of ether oxygens (including phenoxy) is 1. The SMILES string of the molecule is C[P@@](CC(=O)N1C(=O)OCC1Cc1ccccc1)C(C)(C)C. The van der Waals surface area contributed by atoms with E-state index in [-0.39, 0.29) is 23.7 Å². The van der Waals surface area contributed by atoms with E-state index in [1.54, 1.807) is 0 Å². The van der Waals surface area contributed by atoms with Crippen LogP contribution in [0.25, 0.3) is 0 Å². The predicted molar refractivity (Wildman–Crippen MR) is 89.6 cm³/mol. The monoisotopic (exact) mass is 321 g/mol. The minimum Gasteiger partial charge on any atom is -0.447 e. The highest BCUT2D eigenvalue weighted by Gasteiger charge is 2.38. The molecule has 22 heavy (non-hydrogen) atoms. The highest BCUT2D eigenvalue weighted by atomic mass is 31.1. The molecule has 1 aromatic carbocycles. The molecule has 0 aliphatic carbocycles. The zero-order valence-electron chi connectivity index (χ0n) is 13.7. The van der Waals surface area contributed by atoms with Gasteiger partial charge in [-0.05, 0) is 23.8 Å². The molecule has 1 unspecified atom stereocenters. The number of hydrogen-bond donors (Lipinski definition) is 0. The molecule has 1 aliphatic rings. The number of carbonyl (C=O) groups excluding carboxylic acids is 2. The van der Waals surface area contributed by atoms with Gasteiger partial charge >= 0.3 is 6.09 Å². The summed E-state index contributed by atoms with van der Waals surface area (Å²) in [6, 6.07) is 9.70. The van der Waals surface area contributed by atoms with Crippen LogP contribution in [0.5, 0.6) is 0 Å². The molecule has 0 spiro atoms. The first kappa shape index (κ1) is 17.0. The van der Waals surface area contributed by atoms with Gasteiger partial charge in [-0.1, -0.05) is 59.0 Å². The van der Waals surface area contributed by atoms with Crippen LogP contribution in [0.15, 0.2) is 30.3 Å². The van der Waals surface area contributed by atoms with Gasteiger partial charge in [0.05, 0.1) is 6.04 Å². The fourth-order valence-electron chi connectivity index (χ4n) is 2.32. The van der Waals surface area contributed by atoms with E-state index in [2.05, 4.69) is 27.4 Å². The Bertz CT molecular complexity index is 539. The van der Waals surface area contributed by atoms with Crippen LogP contribution < -0.4 is 0 Å². The van der Waals surface area contributed by atoms with E-state index in [4.69, 9.17) is 4.74 Å². The number of cyclic esters (lactones) is 1. The summed E-state index contributed by atoms with van der Waals surface area (Å²) in [5.74, 6) is -0.105. The number of rotatable bonds is 4. The number of benzene rings is 1. The molecular weight excluding hydrogens is 297 g/mol. The molecule has 1 saturated heterocycles. The summed E-state index contributed by atoms with van der Waals surface area (Å²) in [5.41, 5.74) is 1.11. The first-order valence-electron chi connectivity index (χ1n) is 7.53. The second-order valence-corrected chi connectivity index (χ2v) is 9.76. The van der Waals surface area contributed by atoms with Crippen LogP contribution in [0.3, 0.4) is 0 Å². The Kier molecular flexibility index (Phi) is 5.23. The number of hydrogen-bond acceptors (Lipinski definition) is 3. The predicted octanol–water partition coefficient (Wildman–Crippen LogP) is 3.49. The summed E-state index contributed by atoms with van der Waals surface area (Å²) in [6.45, 7) is 8.80. The Morgan fingerprint density at radius 3 is 2.55 bits per heavy atom. The van der Waals surface area contributed by atoms with Crippen molar-refractivity contribution in [3.8, 4) is 0 Å². The topological polar surface area (TPSA) is 46.6 Å². The standard InChI is InChI=1S/C17H24NO3P/c1-17(2,3)22(4)12-15(19)18-14(11-21-16(18)20)10-13-8-6-5-7-9-13/h5-9,14H,10-12H2,1-4H3/t14?,22-/m0/s1. The van der Waals surface area contributed by atoms with Gasteiger partial charge in [0.1, 0.15) is 6.61 Å². The summed E-state index contributed by atoms with van der Waals surface area (Å²) in [6.07, 6.45) is 0.581. The molecule has 2 rings (SSSR count). The molecule has 0 aromatic heterocycles. The Balaban J connectivity index is 2.06. The molecule has 4 nitrogen and oxygen atoms in total. The Morgan fingerprint density at radius 1 is 1.32 bits per heavy atom. The molecule has 1 fully saturated rings. The lowest BCUT2D eigenvalue weighted by Gasteiger charge is -2.29. The Hall–Kier alpha value is -1.41. The van der Waals surface area contributed by atoms with Crippen LogP contribution in [0, 0.1) is 0 Å². The maximum absolute atomic E-state index is 12.6. The van der Waals surface area contributed by atoms with E-state index < -0.39 is 14.0 Å². The second kappa shape index (κ2) is 6.78. The molecule has 1 heterocycles. The van der Waals surface area contributed by atoms with E-state index in [0.717, 1.165) is 5.56 Å². The maximum Gasteiger partial charge on any atom is 0.416 e. The Labute approximate surface area is 133 Å².